The number of hydrogen-bond acceptors (Lipinski definition) is 3. The molecule has 1 atom stereocenters. The second kappa shape index (κ2) is 7.98. The number of rotatable bonds is 5. The zero-order chi connectivity index (χ0) is 19.4. The third-order valence-corrected chi connectivity index (χ3v) is 3.94. The summed E-state index contributed by atoms with van der Waals surface area (Å²) in [5.74, 6) is -0.600. The SMILES string of the molecule is O=C(Nc1ccc(OC(F)F)cc1)N[C@@H]1CC(=O)N(c2ccc(F)cc2)C1. The van der Waals surface area contributed by atoms with Crippen LogP contribution >= 0.6 is 0 Å². The Bertz CT molecular complexity index is 813. The number of halogens is 3. The summed E-state index contributed by atoms with van der Waals surface area (Å²) in [6.45, 7) is -2.66. The van der Waals surface area contributed by atoms with E-state index in [9.17, 15) is 22.8 Å². The van der Waals surface area contributed by atoms with Gasteiger partial charge >= 0.3 is 12.6 Å². The molecule has 0 unspecified atom stereocenters. The lowest BCUT2D eigenvalue weighted by Gasteiger charge is -2.17. The summed E-state index contributed by atoms with van der Waals surface area (Å²) in [5, 5.41) is 5.23. The van der Waals surface area contributed by atoms with E-state index in [1.54, 1.807) is 0 Å². The molecule has 9 heteroatoms. The van der Waals surface area contributed by atoms with Gasteiger partial charge in [-0.2, -0.15) is 8.78 Å². The average Bonchev–Trinajstić information content (AvgIpc) is 2.97. The lowest BCUT2D eigenvalue weighted by Crippen LogP contribution is -2.39. The van der Waals surface area contributed by atoms with E-state index in [2.05, 4.69) is 15.4 Å². The molecule has 1 saturated heterocycles. The van der Waals surface area contributed by atoms with Crippen molar-refractivity contribution >= 4 is 23.3 Å². The van der Waals surface area contributed by atoms with Gasteiger partial charge < -0.3 is 20.3 Å². The molecule has 3 rings (SSSR count). The van der Waals surface area contributed by atoms with E-state index in [-0.39, 0.29) is 24.6 Å². The maximum absolute atomic E-state index is 13.0. The highest BCUT2D eigenvalue weighted by molar-refractivity contribution is 5.97. The van der Waals surface area contributed by atoms with Gasteiger partial charge in [0.2, 0.25) is 5.91 Å². The van der Waals surface area contributed by atoms with E-state index in [1.807, 2.05) is 0 Å². The number of carbonyl (C=O) groups excluding carboxylic acids is 2. The van der Waals surface area contributed by atoms with Gasteiger partial charge in [-0.05, 0) is 48.5 Å². The largest absolute Gasteiger partial charge is 0.435 e. The Labute approximate surface area is 152 Å². The average molecular weight is 379 g/mol. The fraction of sp³-hybridized carbons (Fsp3) is 0.222. The van der Waals surface area contributed by atoms with Crippen LogP contribution in [0.4, 0.5) is 29.3 Å². The second-order valence-electron chi connectivity index (χ2n) is 5.88. The minimum atomic E-state index is -2.92. The first-order chi connectivity index (χ1) is 12.9. The number of urea groups is 1. The van der Waals surface area contributed by atoms with Crippen molar-refractivity contribution in [1.29, 1.82) is 0 Å². The molecule has 0 aliphatic carbocycles. The van der Waals surface area contributed by atoms with Crippen LogP contribution in [0, 0.1) is 5.82 Å². The van der Waals surface area contributed by atoms with Gasteiger partial charge in [-0.1, -0.05) is 0 Å². The Morgan fingerprint density at radius 1 is 1.11 bits per heavy atom. The van der Waals surface area contributed by atoms with Crippen molar-refractivity contribution in [2.24, 2.45) is 0 Å². The first-order valence-corrected chi connectivity index (χ1v) is 8.09. The molecule has 142 valence electrons. The van der Waals surface area contributed by atoms with Gasteiger partial charge in [0.15, 0.2) is 0 Å². The summed E-state index contributed by atoms with van der Waals surface area (Å²) in [4.78, 5) is 25.7. The number of anilines is 2. The van der Waals surface area contributed by atoms with Crippen LogP contribution in [0.15, 0.2) is 48.5 Å². The minimum absolute atomic E-state index is 0.0210. The van der Waals surface area contributed by atoms with Gasteiger partial charge in [0, 0.05) is 24.3 Å². The van der Waals surface area contributed by atoms with Gasteiger partial charge in [-0.25, -0.2) is 9.18 Å². The number of carbonyl (C=O) groups is 2. The third kappa shape index (κ3) is 4.90. The number of hydrogen-bond donors (Lipinski definition) is 2. The molecule has 0 radical (unpaired) electrons. The number of nitrogens with one attached hydrogen (secondary N) is 2. The van der Waals surface area contributed by atoms with Crippen LogP contribution in [0.25, 0.3) is 0 Å². The van der Waals surface area contributed by atoms with Gasteiger partial charge in [0.25, 0.3) is 0 Å². The molecule has 0 spiro atoms. The molecule has 2 aromatic carbocycles. The summed E-state index contributed by atoms with van der Waals surface area (Å²) >= 11 is 0. The topological polar surface area (TPSA) is 70.7 Å². The molecular formula is C18H16F3N3O3. The van der Waals surface area contributed by atoms with Crippen LogP contribution in [0.3, 0.4) is 0 Å². The van der Waals surface area contributed by atoms with Crippen molar-refractivity contribution in [2.45, 2.75) is 19.1 Å². The number of ether oxygens (including phenoxy) is 1. The summed E-state index contributed by atoms with van der Waals surface area (Å²) in [7, 11) is 0. The van der Waals surface area contributed by atoms with E-state index in [0.717, 1.165) is 0 Å². The van der Waals surface area contributed by atoms with Gasteiger partial charge in [0.1, 0.15) is 11.6 Å². The van der Waals surface area contributed by atoms with Crippen LogP contribution in [0.2, 0.25) is 0 Å². The second-order valence-corrected chi connectivity index (χ2v) is 5.88. The minimum Gasteiger partial charge on any atom is -0.435 e. The van der Waals surface area contributed by atoms with Crippen LogP contribution in [-0.2, 0) is 4.79 Å². The zero-order valence-electron chi connectivity index (χ0n) is 14.0. The molecular weight excluding hydrogens is 363 g/mol. The number of nitrogens with zero attached hydrogens (tertiary/aromatic N) is 1. The summed E-state index contributed by atoms with van der Waals surface area (Å²) in [6.07, 6.45) is 0.117. The first-order valence-electron chi connectivity index (χ1n) is 8.09. The summed E-state index contributed by atoms with van der Waals surface area (Å²) in [6, 6.07) is 10.0. The molecule has 0 saturated carbocycles. The van der Waals surface area contributed by atoms with Crippen molar-refractivity contribution in [2.75, 3.05) is 16.8 Å². The molecule has 2 N–H and O–H groups in total. The van der Waals surface area contributed by atoms with Crippen molar-refractivity contribution in [1.82, 2.24) is 5.32 Å². The molecule has 1 aliphatic heterocycles. The normalized spacial score (nSPS) is 16.5. The van der Waals surface area contributed by atoms with Crippen LogP contribution < -0.4 is 20.3 Å². The Morgan fingerprint density at radius 2 is 1.78 bits per heavy atom. The Hall–Kier alpha value is -3.23. The maximum atomic E-state index is 13.0. The molecule has 6 nitrogen and oxygen atoms in total. The monoisotopic (exact) mass is 379 g/mol. The van der Waals surface area contributed by atoms with Crippen molar-refractivity contribution in [3.63, 3.8) is 0 Å². The van der Waals surface area contributed by atoms with Gasteiger partial charge in [0.05, 0.1) is 6.04 Å². The van der Waals surface area contributed by atoms with Crippen molar-refractivity contribution < 1.29 is 27.5 Å². The quantitative estimate of drug-likeness (QED) is 0.837. The first kappa shape index (κ1) is 18.6. The predicted molar refractivity (Wildman–Crippen MR) is 92.4 cm³/mol. The number of benzene rings is 2. The fourth-order valence-electron chi connectivity index (χ4n) is 2.75. The zero-order valence-corrected chi connectivity index (χ0v) is 14.0. The molecule has 3 amide bonds. The van der Waals surface area contributed by atoms with Gasteiger partial charge in [-0.3, -0.25) is 4.79 Å². The highest BCUT2D eigenvalue weighted by atomic mass is 19.3. The molecule has 2 aromatic rings. The third-order valence-electron chi connectivity index (χ3n) is 3.94. The fourth-order valence-corrected chi connectivity index (χ4v) is 2.75. The standard InChI is InChI=1S/C18H16F3N3O3/c19-11-1-5-14(6-2-11)24-10-13(9-16(24)25)23-18(26)22-12-3-7-15(8-4-12)27-17(20)21/h1-8,13,17H,9-10H2,(H2,22,23,26)/t13-/m1/s1. The Kier molecular flexibility index (Phi) is 5.49. The lowest BCUT2D eigenvalue weighted by atomic mass is 10.2. The molecule has 1 fully saturated rings. The molecule has 0 bridgehead atoms. The number of amides is 3. The molecule has 27 heavy (non-hydrogen) atoms. The van der Waals surface area contributed by atoms with Crippen LogP contribution in [0.5, 0.6) is 5.75 Å². The molecule has 1 heterocycles. The summed E-state index contributed by atoms with van der Waals surface area (Å²) < 4.78 is 41.5. The Morgan fingerprint density at radius 3 is 2.41 bits per heavy atom. The smallest absolute Gasteiger partial charge is 0.387 e. The van der Waals surface area contributed by atoms with E-state index in [4.69, 9.17) is 0 Å². The number of alkyl halides is 2. The predicted octanol–water partition coefficient (Wildman–Crippen LogP) is 3.35. The van der Waals surface area contributed by atoms with Crippen LogP contribution in [0.1, 0.15) is 6.42 Å². The van der Waals surface area contributed by atoms with Crippen molar-refractivity contribution in [3.8, 4) is 5.75 Å². The highest BCUT2D eigenvalue weighted by Gasteiger charge is 2.31. The Balaban J connectivity index is 1.54. The van der Waals surface area contributed by atoms with E-state index in [0.29, 0.717) is 11.4 Å². The van der Waals surface area contributed by atoms with E-state index < -0.39 is 24.5 Å². The van der Waals surface area contributed by atoms with E-state index >= 15 is 0 Å². The van der Waals surface area contributed by atoms with E-state index in [1.165, 1.54) is 53.4 Å². The maximum Gasteiger partial charge on any atom is 0.387 e. The van der Waals surface area contributed by atoms with Gasteiger partial charge in [-0.15, -0.1) is 0 Å². The lowest BCUT2D eigenvalue weighted by molar-refractivity contribution is -0.117. The molecule has 1 aliphatic rings. The molecule has 0 aromatic heterocycles. The highest BCUT2D eigenvalue weighted by Crippen LogP contribution is 2.22. The van der Waals surface area contributed by atoms with Crippen molar-refractivity contribution in [3.05, 3.63) is 54.3 Å². The van der Waals surface area contributed by atoms with Crippen LogP contribution in [-0.4, -0.2) is 31.1 Å². The summed E-state index contributed by atoms with van der Waals surface area (Å²) in [5.41, 5.74) is 0.939.